The van der Waals surface area contributed by atoms with E-state index in [9.17, 15) is 19.8 Å². The molecule has 6 bridgehead atoms. The Labute approximate surface area is 104 Å². The Kier molecular flexibility index (Phi) is 1.72. The van der Waals surface area contributed by atoms with Crippen LogP contribution in [0.3, 0.4) is 0 Å². The van der Waals surface area contributed by atoms with Crippen LogP contribution in [-0.2, 0) is 9.59 Å². The van der Waals surface area contributed by atoms with Gasteiger partial charge >= 0.3 is 11.9 Å². The summed E-state index contributed by atoms with van der Waals surface area (Å²) in [6.07, 6.45) is 0.904. The van der Waals surface area contributed by atoms with Crippen molar-refractivity contribution in [2.24, 2.45) is 22.7 Å². The molecule has 7 aliphatic rings. The predicted octanol–water partition coefficient (Wildman–Crippen LogP) is -0.888. The molecule has 4 saturated heterocycles. The summed E-state index contributed by atoms with van der Waals surface area (Å²) >= 11 is 0. The van der Waals surface area contributed by atoms with E-state index in [-0.39, 0.29) is 23.9 Å². The Hall–Kier alpha value is -1.14. The van der Waals surface area contributed by atoms with Crippen molar-refractivity contribution in [3.05, 3.63) is 0 Å². The SMILES string of the molecule is O=C(O)[C@]12C[C@@H]3NC[C@@H]1[C@@H]1CN[C@@H]2C[C@@]31C(=O)O. The maximum Gasteiger partial charge on any atom is 0.311 e. The Balaban J connectivity index is 1.91. The largest absolute Gasteiger partial charge is 0.481 e. The Morgan fingerprint density at radius 1 is 0.889 bits per heavy atom. The topological polar surface area (TPSA) is 98.7 Å². The summed E-state index contributed by atoms with van der Waals surface area (Å²) < 4.78 is 0. The molecule has 0 aromatic carbocycles. The van der Waals surface area contributed by atoms with Crippen LogP contribution in [0.1, 0.15) is 12.8 Å². The number of hydrogen-bond acceptors (Lipinski definition) is 4. The maximum atomic E-state index is 11.8. The molecule has 3 aliphatic carbocycles. The van der Waals surface area contributed by atoms with E-state index in [2.05, 4.69) is 10.6 Å². The number of carboxylic acids is 2. The number of nitrogens with one attached hydrogen (secondary N) is 2. The summed E-state index contributed by atoms with van der Waals surface area (Å²) in [6, 6.07) is -0.362. The molecule has 0 radical (unpaired) electrons. The fourth-order valence-electron chi connectivity index (χ4n) is 5.35. The molecule has 6 nitrogen and oxygen atoms in total. The first-order valence-corrected chi connectivity index (χ1v) is 6.47. The van der Waals surface area contributed by atoms with Gasteiger partial charge in [-0.05, 0) is 37.8 Å². The number of hydrogen-bond donors (Lipinski definition) is 4. The smallest absolute Gasteiger partial charge is 0.311 e. The lowest BCUT2D eigenvalue weighted by atomic mass is 9.37. The van der Waals surface area contributed by atoms with Gasteiger partial charge in [-0.15, -0.1) is 0 Å². The van der Waals surface area contributed by atoms with Crippen molar-refractivity contribution >= 4 is 11.9 Å². The van der Waals surface area contributed by atoms with Gasteiger partial charge in [0, 0.05) is 12.1 Å². The number of carbonyl (C=O) groups is 2. The minimum absolute atomic E-state index is 0.0453. The summed E-state index contributed by atoms with van der Waals surface area (Å²) in [5, 5.41) is 25.9. The summed E-state index contributed by atoms with van der Waals surface area (Å²) in [5.41, 5.74) is -1.48. The van der Waals surface area contributed by atoms with Crippen LogP contribution in [0.4, 0.5) is 0 Å². The highest BCUT2D eigenvalue weighted by Crippen LogP contribution is 2.66. The van der Waals surface area contributed by atoms with Gasteiger partial charge in [-0.25, -0.2) is 0 Å². The fraction of sp³-hybridized carbons (Fsp3) is 0.833. The van der Waals surface area contributed by atoms with Crippen molar-refractivity contribution in [3.8, 4) is 0 Å². The van der Waals surface area contributed by atoms with Crippen LogP contribution in [0.25, 0.3) is 0 Å². The second-order valence-electron chi connectivity index (χ2n) is 6.23. The maximum absolute atomic E-state index is 11.8. The fourth-order valence-corrected chi connectivity index (χ4v) is 5.35. The molecule has 6 atom stereocenters. The van der Waals surface area contributed by atoms with E-state index in [1.54, 1.807) is 0 Å². The molecule has 0 aromatic rings. The number of fused-ring (bicyclic) bond motifs is 2. The van der Waals surface area contributed by atoms with Crippen molar-refractivity contribution in [1.82, 2.24) is 10.6 Å². The second-order valence-corrected chi connectivity index (χ2v) is 6.23. The summed E-state index contributed by atoms with van der Waals surface area (Å²) in [6.45, 7) is 1.30. The molecule has 18 heavy (non-hydrogen) atoms. The minimum atomic E-state index is -0.750. The van der Waals surface area contributed by atoms with Gasteiger partial charge in [0.25, 0.3) is 0 Å². The highest BCUT2D eigenvalue weighted by Gasteiger charge is 2.77. The molecule has 7 fully saturated rings. The van der Waals surface area contributed by atoms with Gasteiger partial charge in [0.2, 0.25) is 0 Å². The first-order valence-electron chi connectivity index (χ1n) is 6.47. The summed E-state index contributed by atoms with van der Waals surface area (Å²) in [7, 11) is 0. The molecule has 0 spiro atoms. The zero-order valence-corrected chi connectivity index (χ0v) is 9.85. The molecule has 4 N–H and O–H groups in total. The van der Waals surface area contributed by atoms with Crippen LogP contribution < -0.4 is 10.6 Å². The normalized spacial score (nSPS) is 55.8. The standard InChI is InChI=1S/C12H16N2O4/c15-9(16)11-1-7-12(10(17)18)2-8(11)14-4-6(12)5(11)3-13-7/h5-8,13-14H,1-4H2,(H,15,16)(H,17,18)/t5-,6+,7+,8-,11-,12+. The van der Waals surface area contributed by atoms with E-state index in [1.807, 2.05) is 0 Å². The molecule has 98 valence electrons. The monoisotopic (exact) mass is 252 g/mol. The number of piperidine rings is 4. The number of carboxylic acid groups (broad SMARTS) is 2. The Morgan fingerprint density at radius 2 is 1.28 bits per heavy atom. The molecular formula is C12H16N2O4. The Bertz CT molecular complexity index is 425. The zero-order valence-electron chi connectivity index (χ0n) is 9.85. The van der Waals surface area contributed by atoms with Gasteiger partial charge in [-0.3, -0.25) is 9.59 Å². The third-order valence-electron chi connectivity index (χ3n) is 6.10. The van der Waals surface area contributed by atoms with Crippen LogP contribution in [-0.4, -0.2) is 47.3 Å². The third kappa shape index (κ3) is 0.824. The highest BCUT2D eigenvalue weighted by atomic mass is 16.4. The van der Waals surface area contributed by atoms with E-state index in [0.29, 0.717) is 25.9 Å². The van der Waals surface area contributed by atoms with Crippen LogP contribution in [0.2, 0.25) is 0 Å². The van der Waals surface area contributed by atoms with Crippen molar-refractivity contribution < 1.29 is 19.8 Å². The average Bonchev–Trinajstić information content (AvgIpc) is 2.38. The quantitative estimate of drug-likeness (QED) is 0.509. The molecule has 0 aromatic heterocycles. The van der Waals surface area contributed by atoms with Gasteiger partial charge < -0.3 is 20.8 Å². The molecular weight excluding hydrogens is 236 g/mol. The summed E-state index contributed by atoms with van der Waals surface area (Å²) in [4.78, 5) is 23.5. The molecule has 0 amide bonds. The highest BCUT2D eigenvalue weighted by molar-refractivity contribution is 5.83. The number of rotatable bonds is 2. The molecule has 6 heteroatoms. The van der Waals surface area contributed by atoms with Crippen LogP contribution >= 0.6 is 0 Å². The molecule has 7 rings (SSSR count). The van der Waals surface area contributed by atoms with Gasteiger partial charge in [0.15, 0.2) is 0 Å². The van der Waals surface area contributed by atoms with Crippen molar-refractivity contribution in [2.45, 2.75) is 24.9 Å². The minimum Gasteiger partial charge on any atom is -0.481 e. The summed E-state index contributed by atoms with van der Waals surface area (Å²) in [5.74, 6) is -1.59. The van der Waals surface area contributed by atoms with Crippen LogP contribution in [0, 0.1) is 22.7 Å². The Morgan fingerprint density at radius 3 is 1.61 bits per heavy atom. The second kappa shape index (κ2) is 2.88. The molecule has 4 heterocycles. The van der Waals surface area contributed by atoms with E-state index < -0.39 is 22.8 Å². The van der Waals surface area contributed by atoms with Crippen LogP contribution in [0.5, 0.6) is 0 Å². The van der Waals surface area contributed by atoms with Gasteiger partial charge in [0.1, 0.15) is 0 Å². The molecule has 0 unspecified atom stereocenters. The van der Waals surface area contributed by atoms with E-state index in [4.69, 9.17) is 0 Å². The van der Waals surface area contributed by atoms with Crippen molar-refractivity contribution in [2.75, 3.05) is 13.1 Å². The number of aliphatic carboxylic acids is 2. The van der Waals surface area contributed by atoms with Crippen molar-refractivity contribution in [3.63, 3.8) is 0 Å². The van der Waals surface area contributed by atoms with E-state index in [1.165, 1.54) is 0 Å². The van der Waals surface area contributed by atoms with Gasteiger partial charge in [-0.2, -0.15) is 0 Å². The lowest BCUT2D eigenvalue weighted by Crippen LogP contribution is -2.85. The van der Waals surface area contributed by atoms with Crippen molar-refractivity contribution in [1.29, 1.82) is 0 Å². The first-order chi connectivity index (χ1) is 8.53. The average molecular weight is 252 g/mol. The van der Waals surface area contributed by atoms with E-state index in [0.717, 1.165) is 0 Å². The zero-order chi connectivity index (χ0) is 12.7. The van der Waals surface area contributed by atoms with E-state index >= 15 is 0 Å². The molecule has 3 saturated carbocycles. The molecule has 4 aliphatic heterocycles. The lowest BCUT2D eigenvalue weighted by molar-refractivity contribution is -0.234. The van der Waals surface area contributed by atoms with Gasteiger partial charge in [0.05, 0.1) is 10.8 Å². The van der Waals surface area contributed by atoms with Crippen LogP contribution in [0.15, 0.2) is 0 Å². The first kappa shape index (κ1) is 10.8. The lowest BCUT2D eigenvalue weighted by Gasteiger charge is -2.72. The van der Waals surface area contributed by atoms with Gasteiger partial charge in [-0.1, -0.05) is 0 Å². The predicted molar refractivity (Wildman–Crippen MR) is 59.9 cm³/mol. The third-order valence-corrected chi connectivity index (χ3v) is 6.10.